The molecule has 1 N–H and O–H groups in total. The van der Waals surface area contributed by atoms with Gasteiger partial charge >= 0.3 is 0 Å². The van der Waals surface area contributed by atoms with Crippen molar-refractivity contribution in [1.82, 2.24) is 10.3 Å². The molecular formula is C14H16ClFN2S. The lowest BCUT2D eigenvalue weighted by molar-refractivity contribution is 0.547. The molecule has 0 radical (unpaired) electrons. The van der Waals surface area contributed by atoms with Gasteiger partial charge in [-0.05, 0) is 36.9 Å². The van der Waals surface area contributed by atoms with Crippen LogP contribution in [0.25, 0.3) is 0 Å². The number of pyridine rings is 1. The van der Waals surface area contributed by atoms with Gasteiger partial charge in [0.2, 0.25) is 0 Å². The maximum atomic E-state index is 14.0. The number of hydrogen-bond acceptors (Lipinski definition) is 3. The minimum absolute atomic E-state index is 0.214. The van der Waals surface area contributed by atoms with Gasteiger partial charge in [-0.25, -0.2) is 4.39 Å². The van der Waals surface area contributed by atoms with Gasteiger partial charge in [0.15, 0.2) is 0 Å². The summed E-state index contributed by atoms with van der Waals surface area (Å²) in [5.74, 6) is -0.307. The van der Waals surface area contributed by atoms with Crippen LogP contribution in [0.2, 0.25) is 5.02 Å². The summed E-state index contributed by atoms with van der Waals surface area (Å²) in [7, 11) is 0. The van der Waals surface area contributed by atoms with Crippen molar-refractivity contribution in [2.45, 2.75) is 26.3 Å². The van der Waals surface area contributed by atoms with Gasteiger partial charge in [-0.2, -0.15) is 0 Å². The third-order valence-electron chi connectivity index (χ3n) is 2.90. The highest BCUT2D eigenvalue weighted by Gasteiger charge is 2.22. The largest absolute Gasteiger partial charge is 0.305 e. The fraction of sp³-hybridized carbons (Fsp3) is 0.357. The molecule has 2 aromatic rings. The van der Waals surface area contributed by atoms with Crippen molar-refractivity contribution in [3.63, 3.8) is 0 Å². The molecule has 1 unspecified atom stereocenters. The predicted octanol–water partition coefficient (Wildman–Crippen LogP) is 4.33. The van der Waals surface area contributed by atoms with E-state index in [1.807, 2.05) is 12.3 Å². The molecule has 0 amide bonds. The molecule has 1 atom stereocenters. The molecule has 2 nitrogen and oxygen atoms in total. The second-order valence-corrected chi connectivity index (χ2v) is 5.67. The summed E-state index contributed by atoms with van der Waals surface area (Å²) in [5.41, 5.74) is 1.62. The molecule has 0 fully saturated rings. The van der Waals surface area contributed by atoms with Crippen LogP contribution in [-0.2, 0) is 0 Å². The average Bonchev–Trinajstić information content (AvgIpc) is 2.73. The first kappa shape index (κ1) is 14.4. The van der Waals surface area contributed by atoms with Gasteiger partial charge < -0.3 is 5.32 Å². The number of nitrogens with zero attached hydrogens (tertiary/aromatic N) is 1. The normalized spacial score (nSPS) is 12.6. The Morgan fingerprint density at radius 1 is 1.53 bits per heavy atom. The molecular weight excluding hydrogens is 283 g/mol. The average molecular weight is 299 g/mol. The van der Waals surface area contributed by atoms with E-state index in [0.717, 1.165) is 28.4 Å². The predicted molar refractivity (Wildman–Crippen MR) is 78.4 cm³/mol. The van der Waals surface area contributed by atoms with Crippen molar-refractivity contribution < 1.29 is 4.39 Å². The molecule has 0 aliphatic rings. The van der Waals surface area contributed by atoms with Crippen molar-refractivity contribution in [2.24, 2.45) is 0 Å². The van der Waals surface area contributed by atoms with E-state index in [-0.39, 0.29) is 11.9 Å². The Kier molecular flexibility index (Phi) is 4.91. The highest BCUT2D eigenvalue weighted by Crippen LogP contribution is 2.36. The van der Waals surface area contributed by atoms with Crippen LogP contribution in [0, 0.1) is 12.7 Å². The number of thiophene rings is 1. The van der Waals surface area contributed by atoms with Gasteiger partial charge in [0.05, 0.1) is 17.3 Å². The van der Waals surface area contributed by atoms with E-state index in [4.69, 9.17) is 11.6 Å². The van der Waals surface area contributed by atoms with Crippen LogP contribution in [0.1, 0.15) is 35.4 Å². The number of hydrogen-bond donors (Lipinski definition) is 1. The van der Waals surface area contributed by atoms with Crippen LogP contribution in [0.15, 0.2) is 23.8 Å². The Labute approximate surface area is 121 Å². The van der Waals surface area contributed by atoms with Crippen LogP contribution >= 0.6 is 22.9 Å². The zero-order valence-corrected chi connectivity index (χ0v) is 12.5. The van der Waals surface area contributed by atoms with Crippen molar-refractivity contribution in [1.29, 1.82) is 0 Å². The van der Waals surface area contributed by atoms with Gasteiger partial charge in [-0.15, -0.1) is 11.3 Å². The van der Waals surface area contributed by atoms with Gasteiger partial charge in [0, 0.05) is 16.6 Å². The monoisotopic (exact) mass is 298 g/mol. The summed E-state index contributed by atoms with van der Waals surface area (Å²) in [6.45, 7) is 4.84. The quantitative estimate of drug-likeness (QED) is 0.888. The Morgan fingerprint density at radius 3 is 2.89 bits per heavy atom. The highest BCUT2D eigenvalue weighted by molar-refractivity contribution is 7.10. The lowest BCUT2D eigenvalue weighted by atomic mass is 10.1. The first-order valence-electron chi connectivity index (χ1n) is 6.21. The third-order valence-corrected chi connectivity index (χ3v) is 4.68. The van der Waals surface area contributed by atoms with Crippen LogP contribution in [0.3, 0.4) is 0 Å². The summed E-state index contributed by atoms with van der Waals surface area (Å²) in [5, 5.41) is 6.07. The lowest BCUT2D eigenvalue weighted by Gasteiger charge is -2.18. The van der Waals surface area contributed by atoms with E-state index in [1.54, 1.807) is 23.6 Å². The number of rotatable bonds is 5. The first-order chi connectivity index (χ1) is 9.15. The summed E-state index contributed by atoms with van der Waals surface area (Å²) in [6.07, 6.45) is 3.82. The van der Waals surface area contributed by atoms with Gasteiger partial charge in [0.25, 0.3) is 0 Å². The summed E-state index contributed by atoms with van der Waals surface area (Å²) in [4.78, 5) is 4.75. The molecule has 2 rings (SSSR count). The van der Waals surface area contributed by atoms with Gasteiger partial charge in [-0.3, -0.25) is 4.98 Å². The molecule has 5 heteroatoms. The zero-order valence-electron chi connectivity index (χ0n) is 10.9. The second kappa shape index (κ2) is 6.46. The van der Waals surface area contributed by atoms with Gasteiger partial charge in [-0.1, -0.05) is 18.5 Å². The van der Waals surface area contributed by atoms with E-state index in [0.29, 0.717) is 5.56 Å². The molecule has 0 saturated carbocycles. The van der Waals surface area contributed by atoms with Crippen molar-refractivity contribution in [3.8, 4) is 0 Å². The van der Waals surface area contributed by atoms with Crippen LogP contribution in [0.5, 0.6) is 0 Å². The molecule has 0 aliphatic carbocycles. The summed E-state index contributed by atoms with van der Waals surface area (Å²) in [6, 6.07) is 1.49. The summed E-state index contributed by atoms with van der Waals surface area (Å²) < 4.78 is 14.0. The minimum Gasteiger partial charge on any atom is -0.305 e. The Morgan fingerprint density at radius 2 is 2.32 bits per heavy atom. The molecule has 0 saturated heterocycles. The molecule has 0 aliphatic heterocycles. The van der Waals surface area contributed by atoms with E-state index in [2.05, 4.69) is 17.2 Å². The Balaban J connectivity index is 2.42. The lowest BCUT2D eigenvalue weighted by Crippen LogP contribution is -2.23. The van der Waals surface area contributed by atoms with Crippen LogP contribution < -0.4 is 5.32 Å². The number of aryl methyl sites for hydroxylation is 1. The number of aromatic nitrogens is 1. The SMILES string of the molecule is CCCNC(c1ccncc1F)c1scc(C)c1Cl. The molecule has 0 bridgehead atoms. The molecule has 0 spiro atoms. The summed E-state index contributed by atoms with van der Waals surface area (Å²) >= 11 is 7.87. The molecule has 2 heterocycles. The van der Waals surface area contributed by atoms with E-state index < -0.39 is 0 Å². The number of halogens is 2. The molecule has 0 aromatic carbocycles. The minimum atomic E-state index is -0.307. The topological polar surface area (TPSA) is 24.9 Å². The molecule has 19 heavy (non-hydrogen) atoms. The maximum absolute atomic E-state index is 14.0. The van der Waals surface area contributed by atoms with Crippen molar-refractivity contribution in [2.75, 3.05) is 6.54 Å². The highest BCUT2D eigenvalue weighted by atomic mass is 35.5. The standard InChI is InChI=1S/C14H16ClFN2S/c1-3-5-18-13(10-4-6-17-7-11(10)16)14-12(15)9(2)8-19-14/h4,6-8,13,18H,3,5H2,1-2H3. The molecule has 102 valence electrons. The third kappa shape index (κ3) is 3.14. The van der Waals surface area contributed by atoms with E-state index in [9.17, 15) is 4.39 Å². The van der Waals surface area contributed by atoms with Crippen LogP contribution in [-0.4, -0.2) is 11.5 Å². The Bertz CT molecular complexity index is 556. The fourth-order valence-corrected chi connectivity index (χ4v) is 3.29. The van der Waals surface area contributed by atoms with Crippen LogP contribution in [0.4, 0.5) is 4.39 Å². The molecule has 2 aromatic heterocycles. The second-order valence-electron chi connectivity index (χ2n) is 4.38. The van der Waals surface area contributed by atoms with Gasteiger partial charge in [0.1, 0.15) is 5.82 Å². The maximum Gasteiger partial charge on any atom is 0.146 e. The van der Waals surface area contributed by atoms with E-state index in [1.165, 1.54) is 6.20 Å². The Hall–Kier alpha value is -0.970. The van der Waals surface area contributed by atoms with Crippen molar-refractivity contribution >= 4 is 22.9 Å². The smallest absolute Gasteiger partial charge is 0.146 e. The zero-order chi connectivity index (χ0) is 13.8. The van der Waals surface area contributed by atoms with E-state index >= 15 is 0 Å². The van der Waals surface area contributed by atoms with Crippen molar-refractivity contribution in [3.05, 3.63) is 50.7 Å². The first-order valence-corrected chi connectivity index (χ1v) is 7.47. The number of nitrogens with one attached hydrogen (secondary N) is 1. The fourth-order valence-electron chi connectivity index (χ4n) is 1.90.